The lowest BCUT2D eigenvalue weighted by molar-refractivity contribution is 0.0853. The maximum Gasteiger partial charge on any atom is 0.271 e. The van der Waals surface area contributed by atoms with E-state index in [-0.39, 0.29) is 12.0 Å². The van der Waals surface area contributed by atoms with E-state index in [0.29, 0.717) is 12.2 Å². The minimum atomic E-state index is -0.215. The molecule has 0 aliphatic carbocycles. The average Bonchev–Trinajstić information content (AvgIpc) is 3.15. The first-order valence-electron chi connectivity index (χ1n) is 8.73. The Kier molecular flexibility index (Phi) is 5.60. The van der Waals surface area contributed by atoms with Gasteiger partial charge in [-0.1, -0.05) is 12.1 Å². The quantitative estimate of drug-likeness (QED) is 0.876. The molecule has 1 atom stereocenters. The number of anilines is 2. The van der Waals surface area contributed by atoms with Crippen molar-refractivity contribution in [2.24, 2.45) is 0 Å². The van der Waals surface area contributed by atoms with Crippen molar-refractivity contribution in [2.45, 2.75) is 32.8 Å². The van der Waals surface area contributed by atoms with Crippen LogP contribution in [-0.2, 0) is 4.74 Å². The summed E-state index contributed by atoms with van der Waals surface area (Å²) in [7, 11) is 0. The highest BCUT2D eigenvalue weighted by molar-refractivity contribution is 5.92. The van der Waals surface area contributed by atoms with Crippen LogP contribution in [-0.4, -0.2) is 41.7 Å². The molecule has 1 fully saturated rings. The lowest BCUT2D eigenvalue weighted by atomic mass is 10.2. The average molecular weight is 340 g/mol. The summed E-state index contributed by atoms with van der Waals surface area (Å²) in [6.07, 6.45) is 5.34. The van der Waals surface area contributed by atoms with Crippen molar-refractivity contribution in [3.63, 3.8) is 0 Å². The first-order valence-corrected chi connectivity index (χ1v) is 8.73. The summed E-state index contributed by atoms with van der Waals surface area (Å²) >= 11 is 0. The monoisotopic (exact) mass is 340 g/mol. The normalized spacial score (nSPS) is 16.6. The van der Waals surface area contributed by atoms with Crippen LogP contribution in [0.15, 0.2) is 36.7 Å². The number of nitrogens with one attached hydrogen (secondary N) is 1. The maximum atomic E-state index is 12.2. The van der Waals surface area contributed by atoms with Gasteiger partial charge in [-0.2, -0.15) is 0 Å². The van der Waals surface area contributed by atoms with Crippen LogP contribution >= 0.6 is 0 Å². The fraction of sp³-hybridized carbons (Fsp3) is 0.421. The second-order valence-corrected chi connectivity index (χ2v) is 6.19. The number of carbonyl (C=O) groups excluding carboxylic acids is 1. The SMILES string of the molecule is CCN(c1cccc(C)c1)c1cnc(C(=O)NCC2CCCO2)cn1. The van der Waals surface area contributed by atoms with Gasteiger partial charge in [-0.25, -0.2) is 9.97 Å². The molecule has 2 aromatic rings. The first-order chi connectivity index (χ1) is 12.2. The Morgan fingerprint density at radius 2 is 2.24 bits per heavy atom. The first kappa shape index (κ1) is 17.4. The van der Waals surface area contributed by atoms with Crippen molar-refractivity contribution in [3.8, 4) is 0 Å². The number of hydrogen-bond acceptors (Lipinski definition) is 5. The number of benzene rings is 1. The molecule has 1 unspecified atom stereocenters. The third kappa shape index (κ3) is 4.33. The van der Waals surface area contributed by atoms with Gasteiger partial charge in [0.05, 0.1) is 18.5 Å². The van der Waals surface area contributed by atoms with Crippen molar-refractivity contribution < 1.29 is 9.53 Å². The number of hydrogen-bond donors (Lipinski definition) is 1. The van der Waals surface area contributed by atoms with Gasteiger partial charge < -0.3 is 15.0 Å². The van der Waals surface area contributed by atoms with E-state index >= 15 is 0 Å². The number of rotatable bonds is 6. The molecule has 132 valence electrons. The molecular weight excluding hydrogens is 316 g/mol. The van der Waals surface area contributed by atoms with Gasteiger partial charge in [0, 0.05) is 25.4 Å². The van der Waals surface area contributed by atoms with Crippen molar-refractivity contribution in [2.75, 3.05) is 24.6 Å². The van der Waals surface area contributed by atoms with Gasteiger partial charge >= 0.3 is 0 Å². The van der Waals surface area contributed by atoms with E-state index in [1.165, 1.54) is 11.8 Å². The van der Waals surface area contributed by atoms with Crippen molar-refractivity contribution in [3.05, 3.63) is 47.9 Å². The molecule has 1 aliphatic heterocycles. The number of ether oxygens (including phenoxy) is 1. The second kappa shape index (κ2) is 8.07. The van der Waals surface area contributed by atoms with Gasteiger partial charge in [0.15, 0.2) is 5.82 Å². The minimum Gasteiger partial charge on any atom is -0.376 e. The molecule has 6 nitrogen and oxygen atoms in total. The van der Waals surface area contributed by atoms with E-state index in [9.17, 15) is 4.79 Å². The van der Waals surface area contributed by atoms with Gasteiger partial charge in [-0.15, -0.1) is 0 Å². The standard InChI is InChI=1S/C19H24N4O2/c1-3-23(15-7-4-6-14(2)10-15)18-13-20-17(12-21-18)19(24)22-11-16-8-5-9-25-16/h4,6-7,10,12-13,16H,3,5,8-9,11H2,1-2H3,(H,22,24). The van der Waals surface area contributed by atoms with Crippen LogP contribution in [0.5, 0.6) is 0 Å². The third-order valence-electron chi connectivity index (χ3n) is 4.29. The van der Waals surface area contributed by atoms with E-state index < -0.39 is 0 Å². The topological polar surface area (TPSA) is 67.4 Å². The summed E-state index contributed by atoms with van der Waals surface area (Å²) in [5.41, 5.74) is 2.57. The molecule has 1 aromatic heterocycles. The molecule has 1 N–H and O–H groups in total. The van der Waals surface area contributed by atoms with Gasteiger partial charge in [0.2, 0.25) is 0 Å². The van der Waals surface area contributed by atoms with Gasteiger partial charge in [0.25, 0.3) is 5.91 Å². The van der Waals surface area contributed by atoms with Crippen LogP contribution in [0.25, 0.3) is 0 Å². The minimum absolute atomic E-state index is 0.119. The zero-order chi connectivity index (χ0) is 17.6. The Morgan fingerprint density at radius 1 is 1.36 bits per heavy atom. The van der Waals surface area contributed by atoms with Crippen LogP contribution in [0.4, 0.5) is 11.5 Å². The predicted molar refractivity (Wildman–Crippen MR) is 97.2 cm³/mol. The number of aryl methyl sites for hydroxylation is 1. The molecule has 6 heteroatoms. The summed E-state index contributed by atoms with van der Waals surface area (Å²) in [5.74, 6) is 0.511. The zero-order valence-corrected chi connectivity index (χ0v) is 14.7. The molecule has 1 aliphatic rings. The third-order valence-corrected chi connectivity index (χ3v) is 4.29. The highest BCUT2D eigenvalue weighted by Crippen LogP contribution is 2.23. The molecule has 0 spiro atoms. The zero-order valence-electron chi connectivity index (χ0n) is 14.7. The number of carbonyl (C=O) groups is 1. The summed E-state index contributed by atoms with van der Waals surface area (Å²) in [4.78, 5) is 23.0. The highest BCUT2D eigenvalue weighted by Gasteiger charge is 2.17. The Balaban J connectivity index is 1.66. The van der Waals surface area contributed by atoms with Crippen LogP contribution < -0.4 is 10.2 Å². The van der Waals surface area contributed by atoms with Gasteiger partial charge in [-0.05, 0) is 44.4 Å². The second-order valence-electron chi connectivity index (χ2n) is 6.19. The molecule has 3 rings (SSSR count). The molecular formula is C19H24N4O2. The summed E-state index contributed by atoms with van der Waals surface area (Å²) in [5, 5.41) is 2.86. The van der Waals surface area contributed by atoms with Gasteiger partial charge in [-0.3, -0.25) is 4.79 Å². The molecule has 0 radical (unpaired) electrons. The van der Waals surface area contributed by atoms with Crippen LogP contribution in [0.2, 0.25) is 0 Å². The number of aromatic nitrogens is 2. The molecule has 1 aromatic carbocycles. The number of nitrogens with zero attached hydrogens (tertiary/aromatic N) is 3. The Bertz CT molecular complexity index is 712. The van der Waals surface area contributed by atoms with E-state index in [1.54, 1.807) is 6.20 Å². The molecule has 1 saturated heterocycles. The van der Waals surface area contributed by atoms with Crippen molar-refractivity contribution in [1.29, 1.82) is 0 Å². The van der Waals surface area contributed by atoms with E-state index in [1.807, 2.05) is 12.1 Å². The fourth-order valence-electron chi connectivity index (χ4n) is 2.95. The van der Waals surface area contributed by atoms with E-state index in [4.69, 9.17) is 4.74 Å². The Morgan fingerprint density at radius 3 is 2.88 bits per heavy atom. The van der Waals surface area contributed by atoms with Crippen LogP contribution in [0, 0.1) is 6.92 Å². The lowest BCUT2D eigenvalue weighted by Gasteiger charge is -2.22. The lowest BCUT2D eigenvalue weighted by Crippen LogP contribution is -2.32. The molecule has 0 saturated carbocycles. The highest BCUT2D eigenvalue weighted by atomic mass is 16.5. The predicted octanol–water partition coefficient (Wildman–Crippen LogP) is 2.85. The van der Waals surface area contributed by atoms with Crippen LogP contribution in [0.3, 0.4) is 0 Å². The molecule has 0 bridgehead atoms. The molecule has 25 heavy (non-hydrogen) atoms. The maximum absolute atomic E-state index is 12.2. The fourth-order valence-corrected chi connectivity index (χ4v) is 2.95. The van der Waals surface area contributed by atoms with E-state index in [2.05, 4.69) is 46.2 Å². The van der Waals surface area contributed by atoms with Crippen molar-refractivity contribution >= 4 is 17.4 Å². The molecule has 2 heterocycles. The summed E-state index contributed by atoms with van der Waals surface area (Å²) in [6.45, 7) is 6.19. The van der Waals surface area contributed by atoms with Crippen LogP contribution in [0.1, 0.15) is 35.8 Å². The Labute approximate surface area is 148 Å². The number of amides is 1. The van der Waals surface area contributed by atoms with E-state index in [0.717, 1.165) is 37.5 Å². The largest absolute Gasteiger partial charge is 0.376 e. The van der Waals surface area contributed by atoms with Gasteiger partial charge in [0.1, 0.15) is 5.69 Å². The smallest absolute Gasteiger partial charge is 0.271 e. The Hall–Kier alpha value is -2.47. The van der Waals surface area contributed by atoms with Crippen molar-refractivity contribution in [1.82, 2.24) is 15.3 Å². The molecule has 1 amide bonds. The summed E-state index contributed by atoms with van der Waals surface area (Å²) in [6, 6.07) is 8.23. The summed E-state index contributed by atoms with van der Waals surface area (Å²) < 4.78 is 5.51.